The van der Waals surface area contributed by atoms with Gasteiger partial charge in [-0.1, -0.05) is 20.8 Å². The van der Waals surface area contributed by atoms with Crippen molar-refractivity contribution in [2.45, 2.75) is 46.6 Å². The van der Waals surface area contributed by atoms with Gasteiger partial charge in [-0.05, 0) is 25.7 Å². The first kappa shape index (κ1) is 15.7. The predicted octanol–water partition coefficient (Wildman–Crippen LogP) is 0.975. The first-order valence-corrected chi connectivity index (χ1v) is 6.91. The highest BCUT2D eigenvalue weighted by molar-refractivity contribution is 5.90. The highest BCUT2D eigenvalue weighted by Crippen LogP contribution is 2.16. The van der Waals surface area contributed by atoms with Crippen molar-refractivity contribution in [2.75, 3.05) is 13.1 Å². The van der Waals surface area contributed by atoms with Crippen molar-refractivity contribution >= 4 is 17.6 Å². The molecular weight excluding hydrogens is 244 g/mol. The van der Waals surface area contributed by atoms with Gasteiger partial charge in [0.1, 0.15) is 0 Å². The van der Waals surface area contributed by atoms with Gasteiger partial charge in [0, 0.05) is 12.5 Å². The second-order valence-electron chi connectivity index (χ2n) is 5.70. The summed E-state index contributed by atoms with van der Waals surface area (Å²) in [5, 5.41) is 2.72. The van der Waals surface area contributed by atoms with Crippen molar-refractivity contribution in [3.63, 3.8) is 0 Å². The molecule has 2 unspecified atom stereocenters. The summed E-state index contributed by atoms with van der Waals surface area (Å²) in [6.07, 6.45) is 1.82. The van der Waals surface area contributed by atoms with E-state index in [9.17, 15) is 14.4 Å². The van der Waals surface area contributed by atoms with E-state index in [2.05, 4.69) is 5.32 Å². The van der Waals surface area contributed by atoms with Crippen molar-refractivity contribution in [3.05, 3.63) is 0 Å². The molecule has 0 spiro atoms. The summed E-state index contributed by atoms with van der Waals surface area (Å²) < 4.78 is 0. The summed E-state index contributed by atoms with van der Waals surface area (Å²) >= 11 is 0. The Morgan fingerprint density at radius 1 is 1.42 bits per heavy atom. The molecule has 1 aliphatic rings. The topological polar surface area (TPSA) is 66.5 Å². The Balaban J connectivity index is 2.55. The van der Waals surface area contributed by atoms with E-state index < -0.39 is 6.04 Å². The molecule has 19 heavy (non-hydrogen) atoms. The Hall–Kier alpha value is -1.39. The second-order valence-corrected chi connectivity index (χ2v) is 5.70. The third-order valence-electron chi connectivity index (χ3n) is 3.55. The number of Topliss-reactive ketones (excluding diaryl/α,β-unsaturated/α-hetero) is 1. The molecule has 1 aliphatic heterocycles. The van der Waals surface area contributed by atoms with Crippen LogP contribution in [0.4, 0.5) is 0 Å². The molecule has 108 valence electrons. The molecule has 0 aliphatic carbocycles. The van der Waals surface area contributed by atoms with Gasteiger partial charge in [0.2, 0.25) is 11.8 Å². The van der Waals surface area contributed by atoms with Crippen LogP contribution in [0.2, 0.25) is 0 Å². The van der Waals surface area contributed by atoms with Crippen LogP contribution in [0.15, 0.2) is 0 Å². The zero-order chi connectivity index (χ0) is 14.6. The Bertz CT molecular complexity index is 366. The Labute approximate surface area is 114 Å². The molecule has 5 heteroatoms. The molecule has 0 aromatic carbocycles. The summed E-state index contributed by atoms with van der Waals surface area (Å²) in [6.45, 7) is 7.82. The molecule has 0 saturated carbocycles. The number of nitrogens with one attached hydrogen (secondary N) is 1. The van der Waals surface area contributed by atoms with E-state index in [0.717, 1.165) is 12.8 Å². The number of likely N-dealkylation sites (tertiary alicyclic amines) is 1. The lowest BCUT2D eigenvalue weighted by molar-refractivity contribution is -0.141. The van der Waals surface area contributed by atoms with Crippen LogP contribution in [0.3, 0.4) is 0 Å². The highest BCUT2D eigenvalue weighted by Gasteiger charge is 2.28. The minimum atomic E-state index is -0.468. The zero-order valence-electron chi connectivity index (χ0n) is 12.2. The Kier molecular flexibility index (Phi) is 5.51. The fourth-order valence-electron chi connectivity index (χ4n) is 2.42. The van der Waals surface area contributed by atoms with Crippen LogP contribution in [-0.4, -0.2) is 41.6 Å². The Morgan fingerprint density at radius 3 is 2.58 bits per heavy atom. The molecule has 1 saturated heterocycles. The molecule has 0 radical (unpaired) electrons. The average Bonchev–Trinajstić information content (AvgIpc) is 2.31. The van der Waals surface area contributed by atoms with Crippen LogP contribution in [0.1, 0.15) is 40.5 Å². The quantitative estimate of drug-likeness (QED) is 0.808. The second kappa shape index (κ2) is 6.68. The molecule has 1 N–H and O–H groups in total. The SMILES string of the molecule is CC(=O)C(NC(=O)CN1CCCC(C)C1=O)C(C)C. The molecule has 2 amide bonds. The summed E-state index contributed by atoms with van der Waals surface area (Å²) in [7, 11) is 0. The standard InChI is InChI=1S/C14H24N2O3/c1-9(2)13(11(4)17)15-12(18)8-16-7-5-6-10(3)14(16)19/h9-10,13H,5-8H2,1-4H3,(H,15,18). The molecule has 5 nitrogen and oxygen atoms in total. The largest absolute Gasteiger partial charge is 0.345 e. The Morgan fingerprint density at radius 2 is 2.05 bits per heavy atom. The molecule has 2 atom stereocenters. The van der Waals surface area contributed by atoms with E-state index in [1.807, 2.05) is 20.8 Å². The lowest BCUT2D eigenvalue weighted by Gasteiger charge is -2.30. The monoisotopic (exact) mass is 268 g/mol. The van der Waals surface area contributed by atoms with Crippen molar-refractivity contribution < 1.29 is 14.4 Å². The fourth-order valence-corrected chi connectivity index (χ4v) is 2.42. The number of rotatable bonds is 5. The van der Waals surface area contributed by atoms with Crippen molar-refractivity contribution in [3.8, 4) is 0 Å². The lowest BCUT2D eigenvalue weighted by Crippen LogP contribution is -2.50. The maximum absolute atomic E-state index is 11.9. The van der Waals surface area contributed by atoms with Gasteiger partial charge in [-0.15, -0.1) is 0 Å². The third kappa shape index (κ3) is 4.33. The normalized spacial score (nSPS) is 21.4. The number of piperidine rings is 1. The zero-order valence-corrected chi connectivity index (χ0v) is 12.2. The number of amides is 2. The van der Waals surface area contributed by atoms with Gasteiger partial charge < -0.3 is 10.2 Å². The maximum atomic E-state index is 11.9. The van der Waals surface area contributed by atoms with Crippen molar-refractivity contribution in [2.24, 2.45) is 11.8 Å². The van der Waals surface area contributed by atoms with Crippen molar-refractivity contribution in [1.82, 2.24) is 10.2 Å². The van der Waals surface area contributed by atoms with Gasteiger partial charge >= 0.3 is 0 Å². The van der Waals surface area contributed by atoms with Gasteiger partial charge in [0.25, 0.3) is 0 Å². The summed E-state index contributed by atoms with van der Waals surface area (Å²) in [4.78, 5) is 36.8. The predicted molar refractivity (Wildman–Crippen MR) is 72.4 cm³/mol. The maximum Gasteiger partial charge on any atom is 0.240 e. The third-order valence-corrected chi connectivity index (χ3v) is 3.55. The molecule has 0 aromatic rings. The lowest BCUT2D eigenvalue weighted by atomic mass is 9.99. The van der Waals surface area contributed by atoms with Crippen LogP contribution in [-0.2, 0) is 14.4 Å². The van der Waals surface area contributed by atoms with Crippen molar-refractivity contribution in [1.29, 1.82) is 0 Å². The van der Waals surface area contributed by atoms with Gasteiger partial charge in [-0.25, -0.2) is 0 Å². The van der Waals surface area contributed by atoms with E-state index in [-0.39, 0.29) is 36.0 Å². The summed E-state index contributed by atoms with van der Waals surface area (Å²) in [6, 6.07) is -0.468. The highest BCUT2D eigenvalue weighted by atomic mass is 16.2. The molecule has 1 fully saturated rings. The average molecular weight is 268 g/mol. The fraction of sp³-hybridized carbons (Fsp3) is 0.786. The molecule has 0 bridgehead atoms. The van der Waals surface area contributed by atoms with Gasteiger partial charge in [-0.2, -0.15) is 0 Å². The first-order valence-electron chi connectivity index (χ1n) is 6.91. The number of carbonyl (C=O) groups excluding carboxylic acids is 3. The van der Waals surface area contributed by atoms with E-state index in [1.54, 1.807) is 4.90 Å². The number of hydrogen-bond donors (Lipinski definition) is 1. The van der Waals surface area contributed by atoms with Crippen LogP contribution in [0.25, 0.3) is 0 Å². The first-order chi connectivity index (χ1) is 8.82. The van der Waals surface area contributed by atoms with E-state index in [4.69, 9.17) is 0 Å². The van der Waals surface area contributed by atoms with Crippen LogP contribution in [0, 0.1) is 11.8 Å². The van der Waals surface area contributed by atoms with E-state index >= 15 is 0 Å². The van der Waals surface area contributed by atoms with Crippen LogP contribution >= 0.6 is 0 Å². The number of nitrogens with zero attached hydrogens (tertiary/aromatic N) is 1. The summed E-state index contributed by atoms with van der Waals surface area (Å²) in [5.41, 5.74) is 0. The minimum Gasteiger partial charge on any atom is -0.345 e. The van der Waals surface area contributed by atoms with E-state index in [0.29, 0.717) is 6.54 Å². The van der Waals surface area contributed by atoms with E-state index in [1.165, 1.54) is 6.92 Å². The number of ketones is 1. The van der Waals surface area contributed by atoms with Gasteiger partial charge in [0.05, 0.1) is 12.6 Å². The number of carbonyl (C=O) groups is 3. The van der Waals surface area contributed by atoms with Crippen LogP contribution in [0.5, 0.6) is 0 Å². The minimum absolute atomic E-state index is 0.00440. The molecular formula is C14H24N2O3. The molecule has 1 heterocycles. The van der Waals surface area contributed by atoms with Gasteiger partial charge in [-0.3, -0.25) is 14.4 Å². The number of hydrogen-bond acceptors (Lipinski definition) is 3. The van der Waals surface area contributed by atoms with Gasteiger partial charge in [0.15, 0.2) is 5.78 Å². The molecule has 0 aromatic heterocycles. The molecule has 1 rings (SSSR count). The summed E-state index contributed by atoms with van der Waals surface area (Å²) in [5.74, 6) is -0.226. The van der Waals surface area contributed by atoms with Crippen LogP contribution < -0.4 is 5.32 Å². The smallest absolute Gasteiger partial charge is 0.240 e.